The first kappa shape index (κ1) is 18.3. The molecule has 7 nitrogen and oxygen atoms in total. The van der Waals surface area contributed by atoms with Crippen molar-refractivity contribution in [2.24, 2.45) is 0 Å². The maximum atomic E-state index is 12.6. The Balaban J connectivity index is 1.34. The fourth-order valence-corrected chi connectivity index (χ4v) is 4.53. The average molecular weight is 388 g/mol. The van der Waals surface area contributed by atoms with Gasteiger partial charge in [-0.15, -0.1) is 11.3 Å². The van der Waals surface area contributed by atoms with Gasteiger partial charge in [-0.2, -0.15) is 0 Å². The molecule has 8 heteroatoms. The molecule has 2 aromatic rings. The number of amides is 2. The highest BCUT2D eigenvalue weighted by Gasteiger charge is 2.38. The summed E-state index contributed by atoms with van der Waals surface area (Å²) in [5.74, 6) is 0.0383. The molecule has 0 bridgehead atoms. The Morgan fingerprint density at radius 1 is 1.37 bits per heavy atom. The Morgan fingerprint density at radius 3 is 3.04 bits per heavy atom. The van der Waals surface area contributed by atoms with Gasteiger partial charge in [0.25, 0.3) is 5.91 Å². The molecule has 0 saturated carbocycles. The molecule has 0 spiro atoms. The number of fused-ring (bicyclic) bond motifs is 2. The van der Waals surface area contributed by atoms with Crippen LogP contribution >= 0.6 is 11.3 Å². The van der Waals surface area contributed by atoms with Gasteiger partial charge in [-0.3, -0.25) is 14.5 Å². The molecule has 2 aliphatic heterocycles. The minimum atomic E-state index is -0.0701. The Morgan fingerprint density at radius 2 is 2.22 bits per heavy atom. The molecule has 2 fully saturated rings. The number of nitrogens with zero attached hydrogens (tertiary/aromatic N) is 3. The van der Waals surface area contributed by atoms with Crippen molar-refractivity contribution < 1.29 is 14.3 Å². The molecule has 4 rings (SSSR count). The van der Waals surface area contributed by atoms with E-state index in [9.17, 15) is 9.59 Å². The zero-order chi connectivity index (χ0) is 19.0. The van der Waals surface area contributed by atoms with Crippen molar-refractivity contribution in [3.8, 4) is 0 Å². The van der Waals surface area contributed by atoms with E-state index in [2.05, 4.69) is 15.2 Å². The van der Waals surface area contributed by atoms with Crippen molar-refractivity contribution in [2.45, 2.75) is 31.0 Å². The predicted molar refractivity (Wildman–Crippen MR) is 104 cm³/mol. The summed E-state index contributed by atoms with van der Waals surface area (Å²) in [6.45, 7) is 2.16. The molecule has 0 radical (unpaired) electrons. The Bertz CT molecular complexity index is 852. The van der Waals surface area contributed by atoms with Crippen molar-refractivity contribution in [1.82, 2.24) is 20.1 Å². The quantitative estimate of drug-likeness (QED) is 0.856. The molecule has 2 saturated heterocycles. The van der Waals surface area contributed by atoms with E-state index < -0.39 is 0 Å². The molecule has 3 heterocycles. The molecule has 144 valence electrons. The van der Waals surface area contributed by atoms with Gasteiger partial charge < -0.3 is 15.0 Å². The summed E-state index contributed by atoms with van der Waals surface area (Å²) in [4.78, 5) is 32.7. The highest BCUT2D eigenvalue weighted by atomic mass is 32.1. The summed E-state index contributed by atoms with van der Waals surface area (Å²) < 4.78 is 6.90. The summed E-state index contributed by atoms with van der Waals surface area (Å²) in [5, 5.41) is 3.16. The monoisotopic (exact) mass is 388 g/mol. The van der Waals surface area contributed by atoms with Crippen LogP contribution < -0.4 is 5.32 Å². The number of carbonyl (C=O) groups excluding carboxylic acids is 2. The van der Waals surface area contributed by atoms with Gasteiger partial charge in [-0.05, 0) is 24.6 Å². The zero-order valence-electron chi connectivity index (χ0n) is 15.6. The van der Waals surface area contributed by atoms with Crippen molar-refractivity contribution in [2.75, 3.05) is 33.8 Å². The summed E-state index contributed by atoms with van der Waals surface area (Å²) in [6.07, 6.45) is 1.21. The number of rotatable bonds is 4. The van der Waals surface area contributed by atoms with Gasteiger partial charge in [0.05, 0.1) is 34.9 Å². The van der Waals surface area contributed by atoms with E-state index in [1.807, 2.05) is 18.2 Å². The lowest BCUT2D eigenvalue weighted by atomic mass is 10.1. The number of aromatic nitrogens is 1. The van der Waals surface area contributed by atoms with Crippen LogP contribution in [0.2, 0.25) is 0 Å². The van der Waals surface area contributed by atoms with Crippen LogP contribution in [0.4, 0.5) is 0 Å². The lowest BCUT2D eigenvalue weighted by molar-refractivity contribution is -0.134. The summed E-state index contributed by atoms with van der Waals surface area (Å²) in [6, 6.07) is 6.03. The SMILES string of the molecule is CN(C)C(=O)C[C@H]1CN2C[C@@H](NC(=O)c3ccc4ncsc4c3)C[C@H]2CO1. The predicted octanol–water partition coefficient (Wildman–Crippen LogP) is 1.35. The minimum Gasteiger partial charge on any atom is -0.375 e. The normalized spacial score (nSPS) is 25.3. The molecule has 27 heavy (non-hydrogen) atoms. The van der Waals surface area contributed by atoms with E-state index in [1.54, 1.807) is 24.5 Å². The molecular weight excluding hydrogens is 364 g/mol. The van der Waals surface area contributed by atoms with E-state index >= 15 is 0 Å². The maximum Gasteiger partial charge on any atom is 0.251 e. The van der Waals surface area contributed by atoms with Crippen molar-refractivity contribution in [1.29, 1.82) is 0 Å². The third-order valence-electron chi connectivity index (χ3n) is 5.32. The van der Waals surface area contributed by atoms with Gasteiger partial charge in [0.1, 0.15) is 0 Å². The van der Waals surface area contributed by atoms with Crippen LogP contribution in [0.5, 0.6) is 0 Å². The van der Waals surface area contributed by atoms with Crippen LogP contribution in [0, 0.1) is 0 Å². The molecule has 3 atom stereocenters. The van der Waals surface area contributed by atoms with Crippen LogP contribution in [0.25, 0.3) is 10.2 Å². The van der Waals surface area contributed by atoms with Crippen LogP contribution in [0.3, 0.4) is 0 Å². The summed E-state index contributed by atoms with van der Waals surface area (Å²) in [7, 11) is 3.53. The fourth-order valence-electron chi connectivity index (χ4n) is 3.81. The van der Waals surface area contributed by atoms with Gasteiger partial charge in [0, 0.05) is 44.8 Å². The topological polar surface area (TPSA) is 74.8 Å². The Kier molecular flexibility index (Phi) is 5.12. The van der Waals surface area contributed by atoms with Crippen LogP contribution in [-0.4, -0.2) is 78.6 Å². The van der Waals surface area contributed by atoms with Crippen LogP contribution in [0.15, 0.2) is 23.7 Å². The zero-order valence-corrected chi connectivity index (χ0v) is 16.4. The van der Waals surface area contributed by atoms with Gasteiger partial charge in [-0.25, -0.2) is 4.98 Å². The number of nitrogens with one attached hydrogen (secondary N) is 1. The largest absolute Gasteiger partial charge is 0.375 e. The van der Waals surface area contributed by atoms with Crippen molar-refractivity contribution in [3.05, 3.63) is 29.3 Å². The smallest absolute Gasteiger partial charge is 0.251 e. The van der Waals surface area contributed by atoms with Gasteiger partial charge in [-0.1, -0.05) is 0 Å². The number of hydrogen-bond acceptors (Lipinski definition) is 6. The van der Waals surface area contributed by atoms with Crippen LogP contribution in [0.1, 0.15) is 23.2 Å². The lowest BCUT2D eigenvalue weighted by Crippen LogP contribution is -2.47. The van der Waals surface area contributed by atoms with E-state index in [1.165, 1.54) is 11.3 Å². The maximum absolute atomic E-state index is 12.6. The molecule has 2 amide bonds. The first-order valence-corrected chi connectivity index (χ1v) is 10.1. The van der Waals surface area contributed by atoms with Gasteiger partial charge in [0.2, 0.25) is 5.91 Å². The van der Waals surface area contributed by atoms with E-state index in [4.69, 9.17) is 4.74 Å². The number of morpholine rings is 1. The Hall–Kier alpha value is -2.03. The third-order valence-corrected chi connectivity index (χ3v) is 6.11. The summed E-state index contributed by atoms with van der Waals surface area (Å²) in [5.41, 5.74) is 3.38. The van der Waals surface area contributed by atoms with Crippen molar-refractivity contribution in [3.63, 3.8) is 0 Å². The fraction of sp³-hybridized carbons (Fsp3) is 0.526. The summed E-state index contributed by atoms with van der Waals surface area (Å²) >= 11 is 1.54. The average Bonchev–Trinajstić information content (AvgIpc) is 3.26. The molecular formula is C19H24N4O3S. The molecule has 1 aromatic carbocycles. The van der Waals surface area contributed by atoms with Gasteiger partial charge in [0.15, 0.2) is 0 Å². The molecule has 1 aromatic heterocycles. The Labute approximate surface area is 162 Å². The molecule has 2 aliphatic rings. The van der Waals surface area contributed by atoms with Crippen LogP contribution in [-0.2, 0) is 9.53 Å². The second kappa shape index (κ2) is 7.53. The second-order valence-corrected chi connectivity index (χ2v) is 8.38. The molecule has 1 N–H and O–H groups in total. The van der Waals surface area contributed by atoms with Crippen molar-refractivity contribution >= 4 is 33.4 Å². The number of ether oxygens (including phenoxy) is 1. The standard InChI is InChI=1S/C19H24N4O3S/c1-22(2)18(24)7-15-9-23-8-13(6-14(23)10-26-15)21-19(25)12-3-4-16-17(5-12)27-11-20-16/h3-5,11,13-15H,6-10H2,1-2H3,(H,21,25)/t13-,14-,15-/m0/s1. The lowest BCUT2D eigenvalue weighted by Gasteiger charge is -2.35. The number of hydrogen-bond donors (Lipinski definition) is 1. The highest BCUT2D eigenvalue weighted by Crippen LogP contribution is 2.25. The number of carbonyl (C=O) groups is 2. The number of thiazole rings is 1. The second-order valence-electron chi connectivity index (χ2n) is 7.50. The number of benzene rings is 1. The first-order valence-electron chi connectivity index (χ1n) is 9.19. The third kappa shape index (κ3) is 3.97. The molecule has 0 aliphatic carbocycles. The molecule has 0 unspecified atom stereocenters. The van der Waals surface area contributed by atoms with E-state index in [0.29, 0.717) is 24.6 Å². The highest BCUT2D eigenvalue weighted by molar-refractivity contribution is 7.16. The van der Waals surface area contributed by atoms with E-state index in [-0.39, 0.29) is 24.0 Å². The minimum absolute atomic E-state index is 0.0459. The van der Waals surface area contributed by atoms with E-state index in [0.717, 1.165) is 29.7 Å². The first-order chi connectivity index (χ1) is 13.0. The van der Waals surface area contributed by atoms with Gasteiger partial charge >= 0.3 is 0 Å².